The van der Waals surface area contributed by atoms with Crippen LogP contribution in [0.4, 0.5) is 11.4 Å². The Morgan fingerprint density at radius 1 is 0.943 bits per heavy atom. The van der Waals surface area contributed by atoms with Gasteiger partial charge in [-0.05, 0) is 37.3 Å². The van der Waals surface area contributed by atoms with Gasteiger partial charge in [-0.2, -0.15) is 0 Å². The molecule has 0 radical (unpaired) electrons. The molecule has 7 heteroatoms. The van der Waals surface area contributed by atoms with E-state index in [1.54, 1.807) is 38.1 Å². The Labute approximate surface area is 203 Å². The van der Waals surface area contributed by atoms with Gasteiger partial charge in [0.25, 0.3) is 0 Å². The number of aromatic amines is 1. The number of benzene rings is 3. The molecule has 0 saturated heterocycles. The summed E-state index contributed by atoms with van der Waals surface area (Å²) >= 11 is 0. The highest BCUT2D eigenvalue weighted by molar-refractivity contribution is 6.21. The lowest BCUT2D eigenvalue weighted by Gasteiger charge is -2.21. The van der Waals surface area contributed by atoms with Crippen LogP contribution in [0.1, 0.15) is 31.4 Å². The summed E-state index contributed by atoms with van der Waals surface area (Å²) in [6, 6.07) is 24.4. The lowest BCUT2D eigenvalue weighted by atomic mass is 10.0. The zero-order valence-electron chi connectivity index (χ0n) is 19.7. The van der Waals surface area contributed by atoms with E-state index in [2.05, 4.69) is 4.98 Å². The fraction of sp³-hybridized carbons (Fsp3) is 0.179. The number of rotatable bonds is 8. The second-order valence-corrected chi connectivity index (χ2v) is 7.88. The fourth-order valence-corrected chi connectivity index (χ4v) is 3.91. The van der Waals surface area contributed by atoms with E-state index in [1.807, 2.05) is 54.6 Å². The lowest BCUT2D eigenvalue weighted by molar-refractivity contribution is -0.142. The number of amides is 1. The van der Waals surface area contributed by atoms with Gasteiger partial charge < -0.3 is 19.7 Å². The largest absolute Gasteiger partial charge is 0.494 e. The summed E-state index contributed by atoms with van der Waals surface area (Å²) in [4.78, 5) is 33.8. The summed E-state index contributed by atoms with van der Waals surface area (Å²) in [5, 5.41) is 11.6. The lowest BCUT2D eigenvalue weighted by Crippen LogP contribution is -2.36. The molecule has 35 heavy (non-hydrogen) atoms. The predicted octanol–water partition coefficient (Wildman–Crippen LogP) is 5.35. The summed E-state index contributed by atoms with van der Waals surface area (Å²) in [7, 11) is 0. The zero-order chi connectivity index (χ0) is 24.8. The number of anilines is 1. The van der Waals surface area contributed by atoms with Crippen LogP contribution in [0.15, 0.2) is 83.9 Å². The first-order chi connectivity index (χ1) is 17.0. The smallest absolute Gasteiger partial charge is 0.326 e. The number of hydrogen-bond donors (Lipinski definition) is 2. The molecule has 178 valence electrons. The monoisotopic (exact) mass is 469 g/mol. The van der Waals surface area contributed by atoms with Crippen molar-refractivity contribution in [2.45, 2.75) is 20.3 Å². The second kappa shape index (κ2) is 10.7. The number of aromatic nitrogens is 1. The maximum Gasteiger partial charge on any atom is 0.326 e. The Bertz CT molecular complexity index is 1360. The van der Waals surface area contributed by atoms with Crippen LogP contribution in [0, 0.1) is 0 Å². The highest BCUT2D eigenvalue weighted by atomic mass is 16.5. The molecule has 4 aromatic rings. The average molecular weight is 470 g/mol. The third-order valence-electron chi connectivity index (χ3n) is 5.57. The van der Waals surface area contributed by atoms with Crippen LogP contribution in [0.3, 0.4) is 0 Å². The molecule has 0 bridgehead atoms. The number of ether oxygens (including phenoxy) is 1. The van der Waals surface area contributed by atoms with Crippen LogP contribution in [-0.2, 0) is 14.3 Å². The number of para-hydroxylation sites is 1. The number of hydrogen-bond acceptors (Lipinski definition) is 5. The molecule has 0 fully saturated rings. The molecule has 0 saturated carbocycles. The van der Waals surface area contributed by atoms with Crippen LogP contribution in [0.5, 0.6) is 5.88 Å². The van der Waals surface area contributed by atoms with E-state index >= 15 is 0 Å². The quantitative estimate of drug-likeness (QED) is 0.269. The van der Waals surface area contributed by atoms with E-state index in [0.717, 1.165) is 16.5 Å². The van der Waals surface area contributed by atoms with E-state index in [4.69, 9.17) is 9.73 Å². The molecule has 4 rings (SSSR count). The average Bonchev–Trinajstić information content (AvgIpc) is 3.22. The second-order valence-electron chi connectivity index (χ2n) is 7.88. The normalized spacial score (nSPS) is 11.4. The zero-order valence-corrected chi connectivity index (χ0v) is 19.7. The number of carbonyl (C=O) groups excluding carboxylic acids is 2. The Morgan fingerprint density at radius 2 is 1.63 bits per heavy atom. The van der Waals surface area contributed by atoms with Crippen LogP contribution >= 0.6 is 0 Å². The number of fused-ring (bicyclic) bond motifs is 1. The molecule has 2 N–H and O–H groups in total. The van der Waals surface area contributed by atoms with Gasteiger partial charge in [-0.1, -0.05) is 55.5 Å². The van der Waals surface area contributed by atoms with E-state index in [9.17, 15) is 14.7 Å². The van der Waals surface area contributed by atoms with Crippen molar-refractivity contribution in [2.75, 3.05) is 18.1 Å². The van der Waals surface area contributed by atoms with Gasteiger partial charge in [0.15, 0.2) is 5.88 Å². The topological polar surface area (TPSA) is 95.0 Å². The number of aromatic hydroxyl groups is 1. The number of esters is 1. The van der Waals surface area contributed by atoms with Crippen molar-refractivity contribution in [1.82, 2.24) is 4.98 Å². The van der Waals surface area contributed by atoms with Crippen molar-refractivity contribution >= 4 is 39.9 Å². The third-order valence-corrected chi connectivity index (χ3v) is 5.57. The Balaban J connectivity index is 1.75. The summed E-state index contributed by atoms with van der Waals surface area (Å²) < 4.78 is 5.02. The van der Waals surface area contributed by atoms with Gasteiger partial charge in [0, 0.05) is 28.6 Å². The van der Waals surface area contributed by atoms with Crippen molar-refractivity contribution in [1.29, 1.82) is 0 Å². The summed E-state index contributed by atoms with van der Waals surface area (Å²) in [6.45, 7) is 3.58. The van der Waals surface area contributed by atoms with Crippen LogP contribution < -0.4 is 4.90 Å². The number of H-pyrrole nitrogens is 1. The van der Waals surface area contributed by atoms with Crippen LogP contribution in [0.25, 0.3) is 10.9 Å². The molecule has 7 nitrogen and oxygen atoms in total. The Morgan fingerprint density at radius 3 is 2.31 bits per heavy atom. The summed E-state index contributed by atoms with van der Waals surface area (Å²) in [5.41, 5.74) is 4.10. The molecule has 0 aliphatic carbocycles. The first kappa shape index (κ1) is 23.8. The maximum atomic E-state index is 12.5. The number of carbonyl (C=O) groups is 2. The molecule has 1 heterocycles. The minimum Gasteiger partial charge on any atom is -0.494 e. The van der Waals surface area contributed by atoms with Crippen LogP contribution in [0.2, 0.25) is 0 Å². The third kappa shape index (κ3) is 5.24. The Hall–Kier alpha value is -4.39. The highest BCUT2D eigenvalue weighted by Gasteiger charge is 2.20. The molecule has 1 aromatic heterocycles. The van der Waals surface area contributed by atoms with Gasteiger partial charge >= 0.3 is 5.97 Å². The number of nitrogens with one attached hydrogen (secondary N) is 1. The molecule has 0 spiro atoms. The number of aliphatic imine (C=N–C) groups is 1. The van der Waals surface area contributed by atoms with Gasteiger partial charge in [-0.15, -0.1) is 0 Å². The van der Waals surface area contributed by atoms with Crippen molar-refractivity contribution in [2.24, 2.45) is 4.99 Å². The van der Waals surface area contributed by atoms with Crippen molar-refractivity contribution in [3.63, 3.8) is 0 Å². The van der Waals surface area contributed by atoms with E-state index in [1.165, 1.54) is 4.90 Å². The van der Waals surface area contributed by atoms with Gasteiger partial charge in [0.05, 0.1) is 23.6 Å². The minimum absolute atomic E-state index is 0.0413. The molecule has 1 amide bonds. The molecule has 0 unspecified atom stereocenters. The molecule has 0 atom stereocenters. The first-order valence-corrected chi connectivity index (χ1v) is 11.5. The highest BCUT2D eigenvalue weighted by Crippen LogP contribution is 2.31. The molecular formula is C28H27N3O4. The van der Waals surface area contributed by atoms with Crippen molar-refractivity contribution < 1.29 is 19.4 Å². The molecular weight excluding hydrogens is 442 g/mol. The summed E-state index contributed by atoms with van der Waals surface area (Å²) in [5.74, 6) is -0.597. The SMILES string of the molecule is CCOC(=O)CN(C(=O)CC)c1ccc(N=C(c2ccccc2)c2c(O)[nH]c3ccccc23)cc1. The van der Waals surface area contributed by atoms with Gasteiger partial charge in [-0.25, -0.2) is 4.99 Å². The fourth-order valence-electron chi connectivity index (χ4n) is 3.91. The molecule has 0 aliphatic heterocycles. The van der Waals surface area contributed by atoms with Gasteiger partial charge in [-0.3, -0.25) is 9.59 Å². The Kier molecular flexibility index (Phi) is 7.26. The number of nitrogens with zero attached hydrogens (tertiary/aromatic N) is 2. The predicted molar refractivity (Wildman–Crippen MR) is 137 cm³/mol. The molecule has 0 aliphatic rings. The molecule has 3 aromatic carbocycles. The minimum atomic E-state index is -0.461. The van der Waals surface area contributed by atoms with E-state index < -0.39 is 5.97 Å². The van der Waals surface area contributed by atoms with Gasteiger partial charge in [0.1, 0.15) is 6.54 Å². The van der Waals surface area contributed by atoms with Crippen LogP contribution in [-0.4, -0.2) is 40.8 Å². The van der Waals surface area contributed by atoms with Crippen molar-refractivity contribution in [3.05, 3.63) is 90.0 Å². The van der Waals surface area contributed by atoms with Gasteiger partial charge in [0.2, 0.25) is 5.91 Å². The van der Waals surface area contributed by atoms with E-state index in [0.29, 0.717) is 22.6 Å². The standard InChI is InChI=1S/C28H27N3O4/c1-3-24(32)31(18-25(33)35-4-2)21-16-14-20(15-17-21)29-27(19-10-6-5-7-11-19)26-22-12-8-9-13-23(22)30-28(26)34/h5-17,30,34H,3-4,18H2,1-2H3. The van der Waals surface area contributed by atoms with E-state index in [-0.39, 0.29) is 31.4 Å². The summed E-state index contributed by atoms with van der Waals surface area (Å²) in [6.07, 6.45) is 0.261. The maximum absolute atomic E-state index is 12.5. The first-order valence-electron chi connectivity index (χ1n) is 11.5. The van der Waals surface area contributed by atoms with Crippen molar-refractivity contribution in [3.8, 4) is 5.88 Å².